The molecule has 26 heavy (non-hydrogen) atoms. The molecule has 0 aliphatic heterocycles. The van der Waals surface area contributed by atoms with Crippen LogP contribution >= 0.6 is 0 Å². The minimum Gasteiger partial charge on any atom is -0.383 e. The quantitative estimate of drug-likeness (QED) is 0.612. The van der Waals surface area contributed by atoms with E-state index in [2.05, 4.69) is 15.6 Å². The van der Waals surface area contributed by atoms with E-state index in [4.69, 9.17) is 4.74 Å². The Morgan fingerprint density at radius 3 is 2.69 bits per heavy atom. The summed E-state index contributed by atoms with van der Waals surface area (Å²) < 4.78 is 6.60. The summed E-state index contributed by atoms with van der Waals surface area (Å²) in [4.78, 5) is 29.6. The van der Waals surface area contributed by atoms with Crippen LogP contribution in [0.3, 0.4) is 0 Å². The first-order valence-corrected chi connectivity index (χ1v) is 9.26. The van der Waals surface area contributed by atoms with Crippen LogP contribution in [0.5, 0.6) is 0 Å². The number of aromatic nitrogens is 2. The van der Waals surface area contributed by atoms with Crippen LogP contribution < -0.4 is 10.6 Å². The van der Waals surface area contributed by atoms with Gasteiger partial charge in [-0.1, -0.05) is 31.7 Å². The summed E-state index contributed by atoms with van der Waals surface area (Å²) in [5.74, 6) is -0.323. The van der Waals surface area contributed by atoms with Gasteiger partial charge in [-0.15, -0.1) is 0 Å². The zero-order valence-corrected chi connectivity index (χ0v) is 15.2. The van der Waals surface area contributed by atoms with Gasteiger partial charge in [0, 0.05) is 25.9 Å². The maximum atomic E-state index is 12.8. The summed E-state index contributed by atoms with van der Waals surface area (Å²) in [6.07, 6.45) is 8.49. The lowest BCUT2D eigenvalue weighted by atomic mass is 10.1. The molecule has 140 valence electrons. The number of nitrogens with one attached hydrogen (secondary N) is 2. The van der Waals surface area contributed by atoms with E-state index in [0.717, 1.165) is 25.7 Å². The van der Waals surface area contributed by atoms with Gasteiger partial charge in [-0.2, -0.15) is 0 Å². The van der Waals surface area contributed by atoms with Crippen LogP contribution in [0.25, 0.3) is 5.52 Å². The van der Waals surface area contributed by atoms with Gasteiger partial charge in [0.25, 0.3) is 11.8 Å². The fraction of sp³-hybridized carbons (Fsp3) is 0.526. The summed E-state index contributed by atoms with van der Waals surface area (Å²) in [5.41, 5.74) is 0.933. The molecule has 0 atom stereocenters. The van der Waals surface area contributed by atoms with Crippen LogP contribution in [0.4, 0.5) is 0 Å². The van der Waals surface area contributed by atoms with Crippen molar-refractivity contribution in [3.8, 4) is 0 Å². The average molecular weight is 358 g/mol. The smallest absolute Gasteiger partial charge is 0.287 e. The number of hydrogen-bond acceptors (Lipinski definition) is 4. The molecule has 7 heteroatoms. The second kappa shape index (κ2) is 8.80. The number of carbonyl (C=O) groups excluding carboxylic acids is 2. The van der Waals surface area contributed by atoms with Gasteiger partial charge in [0.05, 0.1) is 12.1 Å². The largest absolute Gasteiger partial charge is 0.383 e. The van der Waals surface area contributed by atoms with Crippen LogP contribution in [0.1, 0.15) is 59.6 Å². The number of rotatable bonds is 6. The molecule has 3 rings (SSSR count). The number of nitrogens with zero attached hydrogens (tertiary/aromatic N) is 2. The molecule has 1 aliphatic rings. The number of imidazole rings is 1. The first kappa shape index (κ1) is 18.4. The Balaban J connectivity index is 1.81. The van der Waals surface area contributed by atoms with E-state index in [-0.39, 0.29) is 23.7 Å². The molecule has 0 unspecified atom stereocenters. The molecular weight excluding hydrogens is 332 g/mol. The van der Waals surface area contributed by atoms with E-state index in [1.165, 1.54) is 12.8 Å². The van der Waals surface area contributed by atoms with E-state index in [9.17, 15) is 9.59 Å². The Hall–Kier alpha value is -2.41. The molecular formula is C19H26N4O3. The molecule has 0 radical (unpaired) electrons. The fourth-order valence-corrected chi connectivity index (χ4v) is 3.39. The van der Waals surface area contributed by atoms with Crippen LogP contribution in [-0.2, 0) is 4.74 Å². The molecule has 2 heterocycles. The van der Waals surface area contributed by atoms with Crippen molar-refractivity contribution in [3.63, 3.8) is 0 Å². The number of fused-ring (bicyclic) bond motifs is 1. The van der Waals surface area contributed by atoms with Gasteiger partial charge in [-0.3, -0.25) is 14.0 Å². The summed E-state index contributed by atoms with van der Waals surface area (Å²) in [7, 11) is 1.58. The standard InChI is InChI=1S/C19H26N4O3/c1-26-13-11-20-19(25)17-22-16(15-10-6-7-12-23(15)17)18(24)21-14-8-4-2-3-5-9-14/h6-7,10,12,14H,2-5,8-9,11,13H2,1H3,(H,20,25)(H,21,24). The van der Waals surface area contributed by atoms with E-state index >= 15 is 0 Å². The third-order valence-corrected chi connectivity index (χ3v) is 4.75. The second-order valence-corrected chi connectivity index (χ2v) is 6.65. The number of amides is 2. The zero-order valence-electron chi connectivity index (χ0n) is 15.2. The van der Waals surface area contributed by atoms with Gasteiger partial charge in [0.2, 0.25) is 5.82 Å². The van der Waals surface area contributed by atoms with Crippen LogP contribution in [-0.4, -0.2) is 47.5 Å². The number of ether oxygens (including phenoxy) is 1. The molecule has 2 amide bonds. The van der Waals surface area contributed by atoms with Crippen molar-refractivity contribution in [1.29, 1.82) is 0 Å². The number of methoxy groups -OCH3 is 1. The predicted molar refractivity (Wildman–Crippen MR) is 98.4 cm³/mol. The molecule has 1 fully saturated rings. The summed E-state index contributed by atoms with van der Waals surface area (Å²) in [5, 5.41) is 5.86. The normalized spacial score (nSPS) is 15.6. The lowest BCUT2D eigenvalue weighted by molar-refractivity contribution is 0.0925. The first-order chi connectivity index (χ1) is 12.7. The highest BCUT2D eigenvalue weighted by Crippen LogP contribution is 2.19. The van der Waals surface area contributed by atoms with Gasteiger partial charge in [0.15, 0.2) is 5.69 Å². The molecule has 2 aromatic rings. The Labute approximate surface area is 153 Å². The molecule has 0 bridgehead atoms. The van der Waals surface area contributed by atoms with Crippen molar-refractivity contribution in [2.75, 3.05) is 20.3 Å². The SMILES string of the molecule is COCCNC(=O)c1nc(C(=O)NC2CCCCCC2)c2ccccn12. The average Bonchev–Trinajstić information content (AvgIpc) is 2.85. The highest BCUT2D eigenvalue weighted by molar-refractivity contribution is 6.02. The van der Waals surface area contributed by atoms with Crippen molar-refractivity contribution in [2.24, 2.45) is 0 Å². The van der Waals surface area contributed by atoms with Crippen LogP contribution in [0, 0.1) is 0 Å². The van der Waals surface area contributed by atoms with Crippen molar-refractivity contribution >= 4 is 17.3 Å². The van der Waals surface area contributed by atoms with E-state index in [0.29, 0.717) is 24.4 Å². The van der Waals surface area contributed by atoms with Gasteiger partial charge >= 0.3 is 0 Å². The van der Waals surface area contributed by atoms with Gasteiger partial charge in [0.1, 0.15) is 0 Å². The summed E-state index contributed by atoms with van der Waals surface area (Å²) in [6, 6.07) is 5.64. The highest BCUT2D eigenvalue weighted by atomic mass is 16.5. The topological polar surface area (TPSA) is 84.7 Å². The molecule has 0 spiro atoms. The zero-order chi connectivity index (χ0) is 18.4. The predicted octanol–water partition coefficient (Wildman–Crippen LogP) is 2.16. The fourth-order valence-electron chi connectivity index (χ4n) is 3.39. The third kappa shape index (κ3) is 4.22. The number of carbonyl (C=O) groups is 2. The van der Waals surface area contributed by atoms with E-state index in [1.807, 2.05) is 12.1 Å². The maximum Gasteiger partial charge on any atom is 0.287 e. The first-order valence-electron chi connectivity index (χ1n) is 9.26. The molecule has 0 aromatic carbocycles. The third-order valence-electron chi connectivity index (χ3n) is 4.75. The molecule has 1 saturated carbocycles. The molecule has 1 aliphatic carbocycles. The molecule has 2 aromatic heterocycles. The Morgan fingerprint density at radius 2 is 1.96 bits per heavy atom. The summed E-state index contributed by atoms with van der Waals surface area (Å²) in [6.45, 7) is 0.810. The van der Waals surface area contributed by atoms with E-state index in [1.54, 1.807) is 23.8 Å². The highest BCUT2D eigenvalue weighted by Gasteiger charge is 2.23. The van der Waals surface area contributed by atoms with Gasteiger partial charge in [-0.05, 0) is 25.0 Å². The number of pyridine rings is 1. The minimum absolute atomic E-state index is 0.185. The molecule has 0 saturated heterocycles. The lowest BCUT2D eigenvalue weighted by Gasteiger charge is -2.15. The Morgan fingerprint density at radius 1 is 1.19 bits per heavy atom. The van der Waals surface area contributed by atoms with Crippen molar-refractivity contribution in [3.05, 3.63) is 35.9 Å². The molecule has 7 nitrogen and oxygen atoms in total. The van der Waals surface area contributed by atoms with Crippen LogP contribution in [0.15, 0.2) is 24.4 Å². The molecule has 2 N–H and O–H groups in total. The second-order valence-electron chi connectivity index (χ2n) is 6.65. The van der Waals surface area contributed by atoms with Crippen molar-refractivity contribution in [1.82, 2.24) is 20.0 Å². The minimum atomic E-state index is -0.322. The lowest BCUT2D eigenvalue weighted by Crippen LogP contribution is -2.34. The van der Waals surface area contributed by atoms with Crippen molar-refractivity contribution in [2.45, 2.75) is 44.6 Å². The maximum absolute atomic E-state index is 12.8. The monoisotopic (exact) mass is 358 g/mol. The Bertz CT molecular complexity index is 763. The van der Waals surface area contributed by atoms with Gasteiger partial charge < -0.3 is 15.4 Å². The number of hydrogen-bond donors (Lipinski definition) is 2. The van der Waals surface area contributed by atoms with Crippen molar-refractivity contribution < 1.29 is 14.3 Å². The Kier molecular flexibility index (Phi) is 6.22. The van der Waals surface area contributed by atoms with Crippen LogP contribution in [0.2, 0.25) is 0 Å². The van der Waals surface area contributed by atoms with Gasteiger partial charge in [-0.25, -0.2) is 4.98 Å². The summed E-state index contributed by atoms with van der Waals surface area (Å²) >= 11 is 0. The van der Waals surface area contributed by atoms with E-state index < -0.39 is 0 Å².